The van der Waals surface area contributed by atoms with Crippen molar-refractivity contribution in [1.82, 2.24) is 0 Å². The number of rotatable bonds is 6. The van der Waals surface area contributed by atoms with Gasteiger partial charge in [-0.25, -0.2) is 0 Å². The van der Waals surface area contributed by atoms with Gasteiger partial charge >= 0.3 is 14.8 Å². The number of benzene rings is 2. The fourth-order valence-corrected chi connectivity index (χ4v) is 6.81. The summed E-state index contributed by atoms with van der Waals surface area (Å²) >= 11 is -2.09. The Bertz CT molecular complexity index is 915. The molecule has 2 rings (SSSR count). The van der Waals surface area contributed by atoms with Gasteiger partial charge in [0.05, 0.1) is 11.5 Å². The Morgan fingerprint density at radius 3 is 1.17 bits per heavy atom. The van der Waals surface area contributed by atoms with Crippen LogP contribution in [0, 0.1) is 5.92 Å². The van der Waals surface area contributed by atoms with Gasteiger partial charge in [0.2, 0.25) is 0 Å². The molecule has 35 heavy (non-hydrogen) atoms. The fraction of sp³-hybridized carbons (Fsp3) is 0.625. The molecule has 0 atom stereocenters. The van der Waals surface area contributed by atoms with Gasteiger partial charge in [-0.15, -0.1) is 0 Å². The van der Waals surface area contributed by atoms with Crippen molar-refractivity contribution in [2.45, 2.75) is 124 Å². The van der Waals surface area contributed by atoms with Crippen LogP contribution in [0.2, 0.25) is 5.28 Å². The van der Waals surface area contributed by atoms with Crippen molar-refractivity contribution >= 4 is 14.8 Å². The zero-order valence-corrected chi connectivity index (χ0v) is 26.3. The molecule has 0 aliphatic rings. The molecule has 0 bridgehead atoms. The molecule has 0 fully saturated rings. The lowest BCUT2D eigenvalue weighted by atomic mass is 9.75. The van der Waals surface area contributed by atoms with Crippen LogP contribution in [0.5, 0.6) is 11.5 Å². The number of hydrogen-bond acceptors (Lipinski definition) is 2. The molecule has 0 amide bonds. The number of hydrogen-bond donors (Lipinski definition) is 0. The van der Waals surface area contributed by atoms with Crippen LogP contribution in [-0.4, -0.2) is 14.8 Å². The highest BCUT2D eigenvalue weighted by Gasteiger charge is 2.38. The van der Waals surface area contributed by atoms with Gasteiger partial charge in [-0.2, -0.15) is 0 Å². The van der Waals surface area contributed by atoms with Crippen LogP contribution >= 0.6 is 0 Å². The Kier molecular flexibility index (Phi) is 8.95. The summed E-state index contributed by atoms with van der Waals surface area (Å²) in [4.78, 5) is 0. The second kappa shape index (κ2) is 10.5. The van der Waals surface area contributed by atoms with Crippen LogP contribution in [0.3, 0.4) is 0 Å². The summed E-state index contributed by atoms with van der Waals surface area (Å²) in [5, 5.41) is 0.951. The highest BCUT2D eigenvalue weighted by Crippen LogP contribution is 2.42. The van der Waals surface area contributed by atoms with Crippen LogP contribution < -0.4 is 7.58 Å². The summed E-state index contributed by atoms with van der Waals surface area (Å²) in [5.41, 5.74) is 5.33. The largest absolute Gasteiger partial charge is 0.857 e. The van der Waals surface area contributed by atoms with E-state index in [1.165, 1.54) is 22.3 Å². The topological polar surface area (TPSA) is 18.5 Å². The lowest BCUT2D eigenvalue weighted by molar-refractivity contribution is 0.388. The molecule has 0 saturated heterocycles. The molecule has 0 saturated carbocycles. The standard InChI is InChI=1S/2C14H22O.C4H9.Al/c2*1-13(2,3)10-8-7-9-11(15)12(10)14(4,5)6;1-4(2)3;/h2*7-9,15H,1-6H3;4H,1H2,2-3H3;/q;;;+2/p-2. The van der Waals surface area contributed by atoms with Crippen molar-refractivity contribution < 1.29 is 7.58 Å². The van der Waals surface area contributed by atoms with Gasteiger partial charge in [-0.1, -0.05) is 127 Å². The van der Waals surface area contributed by atoms with Crippen molar-refractivity contribution in [2.75, 3.05) is 0 Å². The first-order valence-corrected chi connectivity index (χ1v) is 15.1. The maximum Gasteiger partial charge on any atom is 0.857 e. The molecular weight excluding hydrogens is 443 g/mol. The van der Waals surface area contributed by atoms with Gasteiger partial charge in [0.1, 0.15) is 0 Å². The summed E-state index contributed by atoms with van der Waals surface area (Å²) in [6.07, 6.45) is 0. The third-order valence-electron chi connectivity index (χ3n) is 6.35. The monoisotopic (exact) mass is 494 g/mol. The second-order valence-electron chi connectivity index (χ2n) is 14.7. The van der Waals surface area contributed by atoms with E-state index in [1.54, 1.807) is 0 Å². The molecule has 0 unspecified atom stereocenters. The van der Waals surface area contributed by atoms with Crippen LogP contribution in [0.4, 0.5) is 0 Å². The van der Waals surface area contributed by atoms with E-state index < -0.39 is 14.8 Å². The van der Waals surface area contributed by atoms with Crippen molar-refractivity contribution in [2.24, 2.45) is 5.92 Å². The SMILES string of the molecule is CC(C)[CH2][Al]([O]c1cccc(C(C)(C)C)c1C(C)(C)C)[O]c1cccc(C(C)(C)C)c1C(C)(C)C. The van der Waals surface area contributed by atoms with Crippen LogP contribution in [0.25, 0.3) is 0 Å². The second-order valence-corrected chi connectivity index (χ2v) is 16.5. The van der Waals surface area contributed by atoms with Gasteiger partial charge in [-0.3, -0.25) is 0 Å². The predicted octanol–water partition coefficient (Wildman–Crippen LogP) is 9.48. The van der Waals surface area contributed by atoms with Crippen molar-refractivity contribution in [3.63, 3.8) is 0 Å². The zero-order chi connectivity index (χ0) is 27.0. The summed E-state index contributed by atoms with van der Waals surface area (Å²) in [6.45, 7) is 32.0. The van der Waals surface area contributed by atoms with Gasteiger partial charge < -0.3 is 7.58 Å². The van der Waals surface area contributed by atoms with Crippen LogP contribution in [-0.2, 0) is 21.7 Å². The van der Waals surface area contributed by atoms with Gasteiger partial charge in [0.25, 0.3) is 0 Å². The minimum atomic E-state index is -2.09. The molecule has 0 spiro atoms. The Morgan fingerprint density at radius 2 is 0.914 bits per heavy atom. The van der Waals surface area contributed by atoms with Gasteiger partial charge in [-0.05, 0) is 61.3 Å². The zero-order valence-electron chi connectivity index (χ0n) is 25.1. The van der Waals surface area contributed by atoms with Gasteiger partial charge in [0.15, 0.2) is 0 Å². The Labute approximate surface area is 221 Å². The van der Waals surface area contributed by atoms with E-state index >= 15 is 0 Å². The van der Waals surface area contributed by atoms with E-state index in [9.17, 15) is 0 Å². The van der Waals surface area contributed by atoms with E-state index in [-0.39, 0.29) is 21.7 Å². The highest BCUT2D eigenvalue weighted by molar-refractivity contribution is 6.46. The molecule has 0 heterocycles. The molecule has 0 aromatic heterocycles. The first-order chi connectivity index (χ1) is 15.7. The Balaban J connectivity index is 2.63. The third-order valence-corrected chi connectivity index (χ3v) is 8.71. The lowest BCUT2D eigenvalue weighted by Crippen LogP contribution is -2.34. The van der Waals surface area contributed by atoms with E-state index in [1.807, 2.05) is 0 Å². The first-order valence-electron chi connectivity index (χ1n) is 13.3. The summed E-state index contributed by atoms with van der Waals surface area (Å²) in [6, 6.07) is 13.1. The van der Waals surface area contributed by atoms with Gasteiger partial charge in [0, 0.05) is 0 Å². The smallest absolute Gasteiger partial charge is 0.612 e. The maximum absolute atomic E-state index is 6.93. The molecular formula is C32H51AlO2. The molecule has 0 radical (unpaired) electrons. The van der Waals surface area contributed by atoms with E-state index in [0.717, 1.165) is 16.8 Å². The van der Waals surface area contributed by atoms with E-state index in [0.29, 0.717) is 5.92 Å². The molecule has 0 aliphatic carbocycles. The minimum Gasteiger partial charge on any atom is -0.612 e. The third kappa shape index (κ3) is 7.78. The Hall–Kier alpha value is -1.43. The maximum atomic E-state index is 6.93. The molecule has 2 nitrogen and oxygen atoms in total. The molecule has 2 aromatic rings. The first kappa shape index (κ1) is 29.8. The predicted molar refractivity (Wildman–Crippen MR) is 154 cm³/mol. The van der Waals surface area contributed by atoms with E-state index in [2.05, 4.69) is 133 Å². The Morgan fingerprint density at radius 1 is 0.571 bits per heavy atom. The minimum absolute atomic E-state index is 0.0291. The quantitative estimate of drug-likeness (QED) is 0.372. The van der Waals surface area contributed by atoms with Crippen molar-refractivity contribution in [3.8, 4) is 11.5 Å². The highest BCUT2D eigenvalue weighted by atomic mass is 27.2. The normalized spacial score (nSPS) is 13.2. The lowest BCUT2D eigenvalue weighted by Gasteiger charge is -2.34. The molecule has 0 aliphatic heterocycles. The molecule has 0 N–H and O–H groups in total. The molecule has 2 aromatic carbocycles. The van der Waals surface area contributed by atoms with Crippen molar-refractivity contribution in [1.29, 1.82) is 0 Å². The van der Waals surface area contributed by atoms with Crippen molar-refractivity contribution in [3.05, 3.63) is 58.7 Å². The summed E-state index contributed by atoms with van der Waals surface area (Å²) < 4.78 is 13.9. The molecule has 194 valence electrons. The molecule has 3 heteroatoms. The average Bonchev–Trinajstić information content (AvgIpc) is 2.64. The summed E-state index contributed by atoms with van der Waals surface area (Å²) in [7, 11) is 0. The van der Waals surface area contributed by atoms with Crippen LogP contribution in [0.1, 0.15) is 119 Å². The van der Waals surface area contributed by atoms with E-state index in [4.69, 9.17) is 7.58 Å². The van der Waals surface area contributed by atoms with Crippen LogP contribution in [0.15, 0.2) is 36.4 Å². The average molecular weight is 495 g/mol. The summed E-state index contributed by atoms with van der Waals surface area (Å²) in [5.74, 6) is 2.48. The fourth-order valence-electron chi connectivity index (χ4n) is 4.84.